The minimum absolute atomic E-state index is 0.472. The van der Waals surface area contributed by atoms with Crippen LogP contribution >= 0.6 is 34.5 Å². The van der Waals surface area contributed by atoms with E-state index in [0.717, 1.165) is 21.0 Å². The van der Waals surface area contributed by atoms with Gasteiger partial charge in [-0.1, -0.05) is 41.4 Å². The second kappa shape index (κ2) is 5.37. The molecule has 2 nitrogen and oxygen atoms in total. The van der Waals surface area contributed by atoms with Crippen LogP contribution in [0.2, 0.25) is 10.2 Å². The van der Waals surface area contributed by atoms with Crippen molar-refractivity contribution in [2.45, 2.75) is 6.54 Å². The highest BCUT2D eigenvalue weighted by atomic mass is 35.5. The summed E-state index contributed by atoms with van der Waals surface area (Å²) in [4.78, 5) is 5.13. The summed E-state index contributed by atoms with van der Waals surface area (Å²) in [6, 6.07) is 11.9. The highest BCUT2D eigenvalue weighted by Crippen LogP contribution is 2.35. The Morgan fingerprint density at radius 2 is 1.95 bits per heavy atom. The maximum absolute atomic E-state index is 6.38. The number of pyridine rings is 1. The Balaban J connectivity index is 1.86. The first-order valence-electron chi connectivity index (χ1n) is 5.76. The van der Waals surface area contributed by atoms with Gasteiger partial charge >= 0.3 is 0 Å². The van der Waals surface area contributed by atoms with E-state index in [2.05, 4.69) is 16.4 Å². The number of hydrogen-bond donors (Lipinski definition) is 1. The molecule has 0 saturated heterocycles. The average molecular weight is 309 g/mol. The van der Waals surface area contributed by atoms with Gasteiger partial charge < -0.3 is 5.32 Å². The van der Waals surface area contributed by atoms with E-state index in [9.17, 15) is 0 Å². The fourth-order valence-corrected chi connectivity index (χ4v) is 3.50. The smallest absolute Gasteiger partial charge is 0.152 e. The molecule has 0 radical (unpaired) electrons. The lowest BCUT2D eigenvalue weighted by molar-refractivity contribution is 1.17. The lowest BCUT2D eigenvalue weighted by Gasteiger charge is -2.06. The molecule has 2 aromatic heterocycles. The number of fused-ring (bicyclic) bond motifs is 1. The summed E-state index contributed by atoms with van der Waals surface area (Å²) in [5, 5.41) is 5.65. The zero-order valence-corrected chi connectivity index (χ0v) is 12.2. The van der Waals surface area contributed by atoms with Crippen LogP contribution in [-0.4, -0.2) is 4.98 Å². The van der Waals surface area contributed by atoms with Crippen molar-refractivity contribution in [3.63, 3.8) is 0 Å². The van der Waals surface area contributed by atoms with Gasteiger partial charge in [0.05, 0.1) is 17.3 Å². The van der Waals surface area contributed by atoms with Crippen molar-refractivity contribution >= 4 is 50.3 Å². The molecule has 1 N–H and O–H groups in total. The molecule has 0 bridgehead atoms. The Labute approximate surface area is 125 Å². The highest BCUT2D eigenvalue weighted by molar-refractivity contribution is 7.19. The normalized spacial score (nSPS) is 10.8. The summed E-state index contributed by atoms with van der Waals surface area (Å²) in [6.45, 7) is 0.642. The summed E-state index contributed by atoms with van der Waals surface area (Å²) >= 11 is 14.1. The molecule has 0 aliphatic rings. The minimum Gasteiger partial charge on any atom is -0.378 e. The Hall–Kier alpha value is -1.29. The molecule has 1 aromatic carbocycles. The fraction of sp³-hybridized carbons (Fsp3) is 0.0714. The average Bonchev–Trinajstić information content (AvgIpc) is 2.75. The predicted molar refractivity (Wildman–Crippen MR) is 83.4 cm³/mol. The van der Waals surface area contributed by atoms with Crippen LogP contribution in [0, 0.1) is 0 Å². The molecule has 0 amide bonds. The molecule has 0 spiro atoms. The zero-order valence-electron chi connectivity index (χ0n) is 9.86. The van der Waals surface area contributed by atoms with E-state index < -0.39 is 0 Å². The predicted octanol–water partition coefficient (Wildman–Crippen LogP) is 5.22. The van der Waals surface area contributed by atoms with Gasteiger partial charge in [0.15, 0.2) is 5.15 Å². The van der Waals surface area contributed by atoms with E-state index >= 15 is 0 Å². The molecule has 0 atom stereocenters. The molecular weight excluding hydrogens is 299 g/mol. The van der Waals surface area contributed by atoms with Crippen LogP contribution in [0.5, 0.6) is 0 Å². The number of nitrogens with zero attached hydrogens (tertiary/aromatic N) is 1. The molecular formula is C14H10Cl2N2S. The number of benzene rings is 1. The number of anilines is 1. The van der Waals surface area contributed by atoms with Crippen LogP contribution in [0.25, 0.3) is 10.1 Å². The number of hydrogen-bond acceptors (Lipinski definition) is 3. The van der Waals surface area contributed by atoms with Crippen LogP contribution in [0.4, 0.5) is 5.69 Å². The van der Waals surface area contributed by atoms with Gasteiger partial charge in [0.2, 0.25) is 0 Å². The SMILES string of the molecule is Clc1ncccc1NCc1sc2ccccc2c1Cl. The molecule has 19 heavy (non-hydrogen) atoms. The number of aromatic nitrogens is 1. The summed E-state index contributed by atoms with van der Waals surface area (Å²) in [6.07, 6.45) is 1.67. The van der Waals surface area contributed by atoms with Crippen LogP contribution in [0.1, 0.15) is 4.88 Å². The third-order valence-corrected chi connectivity index (χ3v) is 4.82. The Morgan fingerprint density at radius 3 is 2.74 bits per heavy atom. The molecule has 3 rings (SSSR count). The first-order chi connectivity index (χ1) is 9.25. The monoisotopic (exact) mass is 308 g/mol. The van der Waals surface area contributed by atoms with Crippen molar-refractivity contribution in [1.82, 2.24) is 4.98 Å². The van der Waals surface area contributed by atoms with Gasteiger partial charge in [-0.2, -0.15) is 0 Å². The third kappa shape index (κ3) is 2.54. The van der Waals surface area contributed by atoms with Crippen molar-refractivity contribution in [2.24, 2.45) is 0 Å². The minimum atomic E-state index is 0.472. The maximum Gasteiger partial charge on any atom is 0.152 e. The highest BCUT2D eigenvalue weighted by Gasteiger charge is 2.10. The summed E-state index contributed by atoms with van der Waals surface area (Å²) < 4.78 is 1.20. The molecule has 0 unspecified atom stereocenters. The molecule has 0 fully saturated rings. The van der Waals surface area contributed by atoms with E-state index in [1.165, 1.54) is 4.70 Å². The first-order valence-corrected chi connectivity index (χ1v) is 7.33. The third-order valence-electron chi connectivity index (χ3n) is 2.80. The van der Waals surface area contributed by atoms with Crippen molar-refractivity contribution in [3.8, 4) is 0 Å². The van der Waals surface area contributed by atoms with Crippen molar-refractivity contribution < 1.29 is 0 Å². The van der Waals surface area contributed by atoms with Gasteiger partial charge in [-0.3, -0.25) is 0 Å². The van der Waals surface area contributed by atoms with Gasteiger partial charge in [-0.25, -0.2) is 4.98 Å². The van der Waals surface area contributed by atoms with Crippen molar-refractivity contribution in [3.05, 3.63) is 57.6 Å². The fourth-order valence-electron chi connectivity index (χ4n) is 1.87. The van der Waals surface area contributed by atoms with Gasteiger partial charge in [0.25, 0.3) is 0 Å². The topological polar surface area (TPSA) is 24.9 Å². The largest absolute Gasteiger partial charge is 0.378 e. The Kier molecular flexibility index (Phi) is 3.60. The van der Waals surface area contributed by atoms with E-state index in [1.807, 2.05) is 30.3 Å². The van der Waals surface area contributed by atoms with Crippen LogP contribution in [0.3, 0.4) is 0 Å². The van der Waals surface area contributed by atoms with E-state index in [4.69, 9.17) is 23.2 Å². The second-order valence-electron chi connectivity index (χ2n) is 4.03. The summed E-state index contributed by atoms with van der Waals surface area (Å²) in [7, 11) is 0. The standard InChI is InChI=1S/C14H10Cl2N2S/c15-13-9-4-1-2-6-11(9)19-12(13)8-18-10-5-3-7-17-14(10)16/h1-7,18H,8H2. The molecule has 0 saturated carbocycles. The zero-order chi connectivity index (χ0) is 13.2. The quantitative estimate of drug-likeness (QED) is 0.671. The molecule has 3 aromatic rings. The Morgan fingerprint density at radius 1 is 1.11 bits per heavy atom. The first kappa shape index (κ1) is 12.7. The number of rotatable bonds is 3. The van der Waals surface area contributed by atoms with Crippen LogP contribution in [-0.2, 0) is 6.54 Å². The van der Waals surface area contributed by atoms with Gasteiger partial charge in [0.1, 0.15) is 0 Å². The number of halogens is 2. The van der Waals surface area contributed by atoms with Gasteiger partial charge in [-0.05, 0) is 18.2 Å². The molecule has 0 aliphatic carbocycles. The number of thiophene rings is 1. The molecule has 0 aliphatic heterocycles. The number of nitrogens with one attached hydrogen (secondary N) is 1. The van der Waals surface area contributed by atoms with Gasteiger partial charge in [0, 0.05) is 21.2 Å². The summed E-state index contributed by atoms with van der Waals surface area (Å²) in [5.41, 5.74) is 0.817. The lowest BCUT2D eigenvalue weighted by atomic mass is 10.2. The second-order valence-corrected chi connectivity index (χ2v) is 5.90. The van der Waals surface area contributed by atoms with Crippen molar-refractivity contribution in [1.29, 1.82) is 0 Å². The van der Waals surface area contributed by atoms with E-state index in [0.29, 0.717) is 11.7 Å². The molecule has 5 heteroatoms. The lowest BCUT2D eigenvalue weighted by Crippen LogP contribution is -1.99. The van der Waals surface area contributed by atoms with Gasteiger partial charge in [-0.15, -0.1) is 11.3 Å². The van der Waals surface area contributed by atoms with Crippen LogP contribution in [0.15, 0.2) is 42.6 Å². The maximum atomic E-state index is 6.38. The summed E-state index contributed by atoms with van der Waals surface area (Å²) in [5.74, 6) is 0. The van der Waals surface area contributed by atoms with Crippen LogP contribution < -0.4 is 5.32 Å². The van der Waals surface area contributed by atoms with Crippen molar-refractivity contribution in [2.75, 3.05) is 5.32 Å². The Bertz CT molecular complexity index is 724. The van der Waals surface area contributed by atoms with E-state index in [1.54, 1.807) is 17.5 Å². The molecule has 2 heterocycles. The molecule has 96 valence electrons. The van der Waals surface area contributed by atoms with E-state index in [-0.39, 0.29) is 0 Å².